The summed E-state index contributed by atoms with van der Waals surface area (Å²) in [5.74, 6) is 0.373. The van der Waals surface area contributed by atoms with E-state index < -0.39 is 0 Å². The predicted octanol–water partition coefficient (Wildman–Crippen LogP) is 2.70. The van der Waals surface area contributed by atoms with Gasteiger partial charge in [-0.1, -0.05) is 29.8 Å². The second kappa shape index (κ2) is 6.83. The minimum atomic E-state index is -0.305. The number of pyridine rings is 1. The molecule has 5 nitrogen and oxygen atoms in total. The van der Waals surface area contributed by atoms with Crippen LogP contribution in [0.25, 0.3) is 0 Å². The molecule has 2 heterocycles. The molecule has 1 saturated heterocycles. The van der Waals surface area contributed by atoms with Gasteiger partial charge in [-0.2, -0.15) is 0 Å². The average Bonchev–Trinajstić information content (AvgIpc) is 2.57. The van der Waals surface area contributed by atoms with E-state index in [2.05, 4.69) is 10.4 Å². The molecule has 1 aromatic heterocycles. The summed E-state index contributed by atoms with van der Waals surface area (Å²) < 4.78 is 0. The maximum absolute atomic E-state index is 12.4. The first-order chi connectivity index (χ1) is 11.1. The Kier molecular flexibility index (Phi) is 4.62. The summed E-state index contributed by atoms with van der Waals surface area (Å²) in [6.07, 6.45) is 3.53. The summed E-state index contributed by atoms with van der Waals surface area (Å²) in [6.45, 7) is 2.01. The third-order valence-corrected chi connectivity index (χ3v) is 4.83. The molecule has 0 spiro atoms. The van der Waals surface area contributed by atoms with Crippen molar-refractivity contribution < 1.29 is 9.59 Å². The molecule has 0 bridgehead atoms. The van der Waals surface area contributed by atoms with Crippen LogP contribution in [-0.4, -0.2) is 27.6 Å². The van der Waals surface area contributed by atoms with Crippen LogP contribution in [0, 0.1) is 6.92 Å². The number of hydrogen-bond acceptors (Lipinski definition) is 4. The third kappa shape index (κ3) is 3.53. The zero-order valence-corrected chi connectivity index (χ0v) is 13.5. The van der Waals surface area contributed by atoms with Gasteiger partial charge >= 0.3 is 0 Å². The number of carbonyl (C=O) groups is 2. The zero-order valence-electron chi connectivity index (χ0n) is 12.7. The van der Waals surface area contributed by atoms with Crippen LogP contribution in [0.15, 0.2) is 48.8 Å². The van der Waals surface area contributed by atoms with Crippen LogP contribution in [0.2, 0.25) is 0 Å². The van der Waals surface area contributed by atoms with Gasteiger partial charge in [0.25, 0.3) is 5.91 Å². The monoisotopic (exact) mass is 327 g/mol. The number of hydrogen-bond donors (Lipinski definition) is 1. The van der Waals surface area contributed by atoms with Crippen molar-refractivity contribution in [1.82, 2.24) is 15.4 Å². The molecule has 118 valence electrons. The number of thioether (sulfide) groups is 1. The number of nitrogens with zero attached hydrogens (tertiary/aromatic N) is 2. The molecule has 1 aliphatic heterocycles. The molecule has 1 aromatic carbocycles. The lowest BCUT2D eigenvalue weighted by molar-refractivity contribution is -0.134. The Morgan fingerprint density at radius 1 is 1.30 bits per heavy atom. The van der Waals surface area contributed by atoms with E-state index in [1.807, 2.05) is 31.2 Å². The summed E-state index contributed by atoms with van der Waals surface area (Å²) >= 11 is 1.65. The largest absolute Gasteiger partial charge is 0.273 e. The van der Waals surface area contributed by atoms with E-state index in [0.717, 1.165) is 16.9 Å². The van der Waals surface area contributed by atoms with Crippen molar-refractivity contribution in [2.75, 3.05) is 5.75 Å². The van der Waals surface area contributed by atoms with Crippen LogP contribution >= 0.6 is 11.8 Å². The number of aromatic nitrogens is 1. The van der Waals surface area contributed by atoms with Crippen molar-refractivity contribution in [3.63, 3.8) is 0 Å². The third-order valence-electron chi connectivity index (χ3n) is 3.59. The Balaban J connectivity index is 1.84. The van der Waals surface area contributed by atoms with Gasteiger partial charge in [0.05, 0.1) is 0 Å². The van der Waals surface area contributed by atoms with Crippen molar-refractivity contribution >= 4 is 23.6 Å². The standard InChI is InChI=1S/C17H17N3O2S/c1-12-3-2-4-14(11-12)17-20(15(21)7-10-23-17)19-16(22)13-5-8-18-9-6-13/h2-6,8-9,11,17H,7,10H2,1H3,(H,19,22). The molecular formula is C17H17N3O2S. The van der Waals surface area contributed by atoms with Gasteiger partial charge < -0.3 is 0 Å². The maximum atomic E-state index is 12.4. The number of aryl methyl sites for hydroxylation is 1. The smallest absolute Gasteiger partial charge is 0.270 e. The van der Waals surface area contributed by atoms with Crippen molar-refractivity contribution in [3.8, 4) is 0 Å². The van der Waals surface area contributed by atoms with E-state index >= 15 is 0 Å². The Bertz CT molecular complexity index is 721. The van der Waals surface area contributed by atoms with Gasteiger partial charge in [0.1, 0.15) is 5.37 Å². The van der Waals surface area contributed by atoms with E-state index in [4.69, 9.17) is 0 Å². The summed E-state index contributed by atoms with van der Waals surface area (Å²) in [4.78, 5) is 28.6. The normalized spacial score (nSPS) is 17.9. The van der Waals surface area contributed by atoms with E-state index in [0.29, 0.717) is 12.0 Å². The first kappa shape index (κ1) is 15.6. The van der Waals surface area contributed by atoms with Crippen molar-refractivity contribution in [1.29, 1.82) is 0 Å². The summed E-state index contributed by atoms with van der Waals surface area (Å²) in [6, 6.07) is 11.2. The molecule has 0 aliphatic carbocycles. The van der Waals surface area contributed by atoms with Gasteiger partial charge in [0.2, 0.25) is 5.91 Å². The van der Waals surface area contributed by atoms with Crippen LogP contribution < -0.4 is 5.43 Å². The molecule has 1 N–H and O–H groups in total. The summed E-state index contributed by atoms with van der Waals surface area (Å²) in [7, 11) is 0. The molecule has 1 fully saturated rings. The number of nitrogens with one attached hydrogen (secondary N) is 1. The summed E-state index contributed by atoms with van der Waals surface area (Å²) in [5, 5.41) is 1.24. The first-order valence-electron chi connectivity index (χ1n) is 7.36. The number of carbonyl (C=O) groups excluding carboxylic acids is 2. The second-order valence-electron chi connectivity index (χ2n) is 5.33. The molecular weight excluding hydrogens is 310 g/mol. The molecule has 23 heavy (non-hydrogen) atoms. The predicted molar refractivity (Wildman–Crippen MR) is 89.5 cm³/mol. The van der Waals surface area contributed by atoms with Gasteiger partial charge in [-0.05, 0) is 24.6 Å². The topological polar surface area (TPSA) is 62.3 Å². The molecule has 2 amide bonds. The maximum Gasteiger partial charge on any atom is 0.270 e. The Morgan fingerprint density at radius 3 is 2.83 bits per heavy atom. The van der Waals surface area contributed by atoms with Gasteiger partial charge in [-0.25, -0.2) is 5.01 Å². The molecule has 0 saturated carbocycles. The van der Waals surface area contributed by atoms with Crippen LogP contribution in [0.1, 0.15) is 33.3 Å². The zero-order chi connectivity index (χ0) is 16.2. The molecule has 1 aliphatic rings. The molecule has 0 radical (unpaired) electrons. The highest BCUT2D eigenvalue weighted by atomic mass is 32.2. The summed E-state index contributed by atoms with van der Waals surface area (Å²) in [5.41, 5.74) is 5.37. The van der Waals surface area contributed by atoms with Crippen LogP contribution in [0.4, 0.5) is 0 Å². The highest BCUT2D eigenvalue weighted by molar-refractivity contribution is 7.99. The number of benzene rings is 1. The van der Waals surface area contributed by atoms with Crippen molar-refractivity contribution in [2.45, 2.75) is 18.7 Å². The number of hydrazine groups is 1. The number of rotatable bonds is 3. The van der Waals surface area contributed by atoms with E-state index in [-0.39, 0.29) is 17.2 Å². The molecule has 2 aromatic rings. The minimum Gasteiger partial charge on any atom is -0.273 e. The van der Waals surface area contributed by atoms with Crippen molar-refractivity contribution in [2.24, 2.45) is 0 Å². The van der Waals surface area contributed by atoms with Gasteiger partial charge in [-0.15, -0.1) is 11.8 Å². The molecule has 1 unspecified atom stereocenters. The molecule has 3 rings (SSSR count). The van der Waals surface area contributed by atoms with E-state index in [9.17, 15) is 9.59 Å². The van der Waals surface area contributed by atoms with Crippen LogP contribution in [-0.2, 0) is 4.79 Å². The molecule has 1 atom stereocenters. The average molecular weight is 327 g/mol. The lowest BCUT2D eigenvalue weighted by atomic mass is 10.1. The Morgan fingerprint density at radius 2 is 2.09 bits per heavy atom. The second-order valence-corrected chi connectivity index (χ2v) is 6.52. The Labute approximate surface area is 139 Å². The van der Waals surface area contributed by atoms with Gasteiger partial charge in [0, 0.05) is 30.1 Å². The van der Waals surface area contributed by atoms with Crippen molar-refractivity contribution in [3.05, 3.63) is 65.5 Å². The highest BCUT2D eigenvalue weighted by Crippen LogP contribution is 2.36. The van der Waals surface area contributed by atoms with Gasteiger partial charge in [0.15, 0.2) is 0 Å². The fourth-order valence-electron chi connectivity index (χ4n) is 2.45. The first-order valence-corrected chi connectivity index (χ1v) is 8.41. The quantitative estimate of drug-likeness (QED) is 0.941. The SMILES string of the molecule is Cc1cccc(C2SCCC(=O)N2NC(=O)c2ccncc2)c1. The fourth-order valence-corrected chi connectivity index (χ4v) is 3.63. The van der Waals surface area contributed by atoms with Crippen LogP contribution in [0.3, 0.4) is 0 Å². The number of amides is 2. The highest BCUT2D eigenvalue weighted by Gasteiger charge is 2.31. The Hall–Kier alpha value is -2.34. The molecule has 6 heteroatoms. The lowest BCUT2D eigenvalue weighted by Crippen LogP contribution is -2.49. The van der Waals surface area contributed by atoms with Gasteiger partial charge in [-0.3, -0.25) is 20.0 Å². The van der Waals surface area contributed by atoms with E-state index in [1.54, 1.807) is 36.3 Å². The fraction of sp³-hybridized carbons (Fsp3) is 0.235. The lowest BCUT2D eigenvalue weighted by Gasteiger charge is -2.35. The van der Waals surface area contributed by atoms with Crippen LogP contribution in [0.5, 0.6) is 0 Å². The van der Waals surface area contributed by atoms with E-state index in [1.165, 1.54) is 5.01 Å². The minimum absolute atomic E-state index is 0.0716.